The number of amides is 2. The van der Waals surface area contributed by atoms with E-state index < -0.39 is 40.6 Å². The lowest BCUT2D eigenvalue weighted by atomic mass is 9.79. The highest BCUT2D eigenvalue weighted by Crippen LogP contribution is 2.44. The van der Waals surface area contributed by atoms with E-state index >= 15 is 0 Å². The van der Waals surface area contributed by atoms with Crippen molar-refractivity contribution in [1.29, 1.82) is 0 Å². The summed E-state index contributed by atoms with van der Waals surface area (Å²) in [5.74, 6) is -3.55. The molecular weight excluding hydrogens is 471 g/mol. The fourth-order valence-corrected chi connectivity index (χ4v) is 3.92. The van der Waals surface area contributed by atoms with Gasteiger partial charge in [0.15, 0.2) is 5.78 Å². The van der Waals surface area contributed by atoms with Gasteiger partial charge in [0.2, 0.25) is 5.72 Å². The van der Waals surface area contributed by atoms with Crippen molar-refractivity contribution in [2.45, 2.75) is 24.9 Å². The second-order valence-electron chi connectivity index (χ2n) is 8.06. The van der Waals surface area contributed by atoms with Crippen molar-refractivity contribution in [3.05, 3.63) is 87.7 Å². The van der Waals surface area contributed by atoms with E-state index in [9.17, 15) is 38.0 Å². The summed E-state index contributed by atoms with van der Waals surface area (Å²) < 4.78 is 47.7. The number of nitrogens with zero attached hydrogens (tertiary/aromatic N) is 1. The molecule has 0 unspecified atom stereocenters. The zero-order valence-electron chi connectivity index (χ0n) is 18.0. The molecule has 1 fully saturated rings. The predicted molar refractivity (Wildman–Crippen MR) is 115 cm³/mol. The third kappa shape index (κ3) is 4.35. The monoisotopic (exact) mass is 489 g/mol. The quantitative estimate of drug-likeness (QED) is 0.278. The van der Waals surface area contributed by atoms with Crippen molar-refractivity contribution in [3.8, 4) is 11.3 Å². The van der Waals surface area contributed by atoms with Crippen LogP contribution in [0.4, 0.5) is 23.7 Å². The van der Waals surface area contributed by atoms with Crippen molar-refractivity contribution in [1.82, 2.24) is 10.6 Å². The molecule has 0 bridgehead atoms. The van der Waals surface area contributed by atoms with Crippen molar-refractivity contribution in [2.24, 2.45) is 5.92 Å². The van der Waals surface area contributed by atoms with Gasteiger partial charge in [-0.3, -0.25) is 14.9 Å². The molecule has 3 N–H and O–H groups in total. The summed E-state index contributed by atoms with van der Waals surface area (Å²) in [4.78, 5) is 35.9. The number of carbonyl (C=O) groups is 2. The maximum Gasteiger partial charge on any atom is 0.437 e. The summed E-state index contributed by atoms with van der Waals surface area (Å²) in [5, 5.41) is 25.4. The van der Waals surface area contributed by atoms with Crippen molar-refractivity contribution >= 4 is 17.5 Å². The second kappa shape index (κ2) is 8.55. The number of nitro benzene ring substituents is 1. The molecule has 4 rings (SSSR count). The average Bonchev–Trinajstić information content (AvgIpc) is 3.28. The van der Waals surface area contributed by atoms with E-state index in [-0.39, 0.29) is 28.3 Å². The van der Waals surface area contributed by atoms with E-state index in [0.717, 1.165) is 5.56 Å². The average molecular weight is 489 g/mol. The highest BCUT2D eigenvalue weighted by Gasteiger charge is 2.66. The lowest BCUT2D eigenvalue weighted by Crippen LogP contribution is -2.72. The Bertz CT molecular complexity index is 1300. The van der Waals surface area contributed by atoms with Crippen molar-refractivity contribution in [3.63, 3.8) is 0 Å². The standard InChI is InChI=1S/C23H18F3N3O6/c1-12-5-7-13(8-6-12)20(30)18-19(27-21(31)28-22(18,32)23(24,25)26)17-10-9-16(35-17)14-3-2-4-15(11-14)29(33)34/h2-11,18-19,32H,1H3,(H2,27,28,31)/t18-,19-,22+/m1/s1. The van der Waals surface area contributed by atoms with Gasteiger partial charge in [0, 0.05) is 23.3 Å². The molecule has 3 atom stereocenters. The van der Waals surface area contributed by atoms with E-state index in [1.54, 1.807) is 6.92 Å². The smallest absolute Gasteiger partial charge is 0.437 e. The Balaban J connectivity index is 1.80. The van der Waals surface area contributed by atoms with Gasteiger partial charge in [-0.25, -0.2) is 4.79 Å². The van der Waals surface area contributed by atoms with Crippen LogP contribution in [0, 0.1) is 23.0 Å². The second-order valence-corrected chi connectivity index (χ2v) is 8.06. The zero-order valence-corrected chi connectivity index (χ0v) is 18.0. The van der Waals surface area contributed by atoms with Crippen LogP contribution in [0.5, 0.6) is 0 Å². The van der Waals surface area contributed by atoms with E-state index in [2.05, 4.69) is 5.32 Å². The number of benzene rings is 2. The Hall–Kier alpha value is -4.19. The van der Waals surface area contributed by atoms with Crippen LogP contribution in [-0.2, 0) is 0 Å². The molecule has 1 aliphatic rings. The van der Waals surface area contributed by atoms with Crippen LogP contribution in [0.1, 0.15) is 27.7 Å². The Morgan fingerprint density at radius 3 is 2.46 bits per heavy atom. The van der Waals surface area contributed by atoms with Crippen molar-refractivity contribution in [2.75, 3.05) is 0 Å². The zero-order chi connectivity index (χ0) is 25.5. The molecule has 3 aromatic rings. The number of nitrogens with one attached hydrogen (secondary N) is 2. The molecular formula is C23H18F3N3O6. The Morgan fingerprint density at radius 1 is 1.14 bits per heavy atom. The number of halogens is 3. The van der Waals surface area contributed by atoms with E-state index in [4.69, 9.17) is 4.42 Å². The van der Waals surface area contributed by atoms with E-state index in [1.807, 2.05) is 0 Å². The van der Waals surface area contributed by atoms with Gasteiger partial charge in [0.1, 0.15) is 23.5 Å². The molecule has 0 spiro atoms. The largest absolute Gasteiger partial charge is 0.459 e. The highest BCUT2D eigenvalue weighted by atomic mass is 19.4. The topological polar surface area (TPSA) is 135 Å². The van der Waals surface area contributed by atoms with Crippen LogP contribution >= 0.6 is 0 Å². The number of aryl methyl sites for hydroxylation is 1. The number of Topliss-reactive ketones (excluding diaryl/α,β-unsaturated/α-hetero) is 1. The minimum absolute atomic E-state index is 0.0496. The maximum absolute atomic E-state index is 14.0. The summed E-state index contributed by atoms with van der Waals surface area (Å²) in [7, 11) is 0. The molecule has 2 amide bonds. The van der Waals surface area contributed by atoms with Crippen LogP contribution < -0.4 is 10.6 Å². The first-order valence-electron chi connectivity index (χ1n) is 10.2. The van der Waals surface area contributed by atoms with Crippen LogP contribution in [0.3, 0.4) is 0 Å². The Morgan fingerprint density at radius 2 is 1.83 bits per heavy atom. The van der Waals surface area contributed by atoms with Gasteiger partial charge in [-0.2, -0.15) is 13.2 Å². The molecule has 12 heteroatoms. The predicted octanol–water partition coefficient (Wildman–Crippen LogP) is 4.27. The molecule has 1 aromatic heterocycles. The van der Waals surface area contributed by atoms with Gasteiger partial charge in [-0.15, -0.1) is 0 Å². The first-order chi connectivity index (χ1) is 16.4. The van der Waals surface area contributed by atoms with Gasteiger partial charge in [0.25, 0.3) is 5.69 Å². The molecule has 182 valence electrons. The molecule has 1 saturated heterocycles. The molecule has 9 nitrogen and oxygen atoms in total. The number of aliphatic hydroxyl groups is 1. The van der Waals surface area contributed by atoms with E-state index in [1.165, 1.54) is 66.0 Å². The number of rotatable bonds is 5. The molecule has 35 heavy (non-hydrogen) atoms. The van der Waals surface area contributed by atoms with Gasteiger partial charge in [-0.1, -0.05) is 42.0 Å². The minimum atomic E-state index is -5.41. The summed E-state index contributed by atoms with van der Waals surface area (Å²) in [6, 6.07) is 10.5. The molecule has 2 heterocycles. The van der Waals surface area contributed by atoms with Gasteiger partial charge >= 0.3 is 12.2 Å². The third-order valence-corrected chi connectivity index (χ3v) is 5.70. The number of carbonyl (C=O) groups excluding carboxylic acids is 2. The van der Waals surface area contributed by atoms with Crippen LogP contribution in [0.2, 0.25) is 0 Å². The van der Waals surface area contributed by atoms with Gasteiger partial charge in [-0.05, 0) is 19.1 Å². The van der Waals surface area contributed by atoms with Gasteiger partial charge in [0.05, 0.1) is 4.92 Å². The number of ketones is 1. The third-order valence-electron chi connectivity index (χ3n) is 5.70. The van der Waals surface area contributed by atoms with Crippen LogP contribution in [0.15, 0.2) is 65.1 Å². The number of nitro groups is 1. The number of urea groups is 1. The van der Waals surface area contributed by atoms with E-state index in [0.29, 0.717) is 0 Å². The lowest BCUT2D eigenvalue weighted by molar-refractivity contribution is -0.384. The number of hydrogen-bond donors (Lipinski definition) is 3. The molecule has 1 aliphatic heterocycles. The molecule has 0 radical (unpaired) electrons. The van der Waals surface area contributed by atoms with Crippen LogP contribution in [-0.4, -0.2) is 33.7 Å². The minimum Gasteiger partial charge on any atom is -0.459 e. The van der Waals surface area contributed by atoms with Crippen molar-refractivity contribution < 1.29 is 37.2 Å². The Labute approximate surface area is 195 Å². The number of furan rings is 1. The first kappa shape index (κ1) is 24.0. The summed E-state index contributed by atoms with van der Waals surface area (Å²) >= 11 is 0. The molecule has 0 aliphatic carbocycles. The molecule has 2 aromatic carbocycles. The fourth-order valence-electron chi connectivity index (χ4n) is 3.92. The lowest BCUT2D eigenvalue weighted by Gasteiger charge is -2.44. The summed E-state index contributed by atoms with van der Waals surface area (Å²) in [5.41, 5.74) is -3.25. The summed E-state index contributed by atoms with van der Waals surface area (Å²) in [6.07, 6.45) is -5.41. The SMILES string of the molecule is Cc1ccc(C(=O)[C@H]2[C@@H](c3ccc(-c4cccc([N+](=O)[O-])c4)o3)NC(=O)N[C@@]2(O)C(F)(F)F)cc1. The fraction of sp³-hybridized carbons (Fsp3) is 0.217. The number of non-ortho nitro benzene ring substituents is 1. The summed E-state index contributed by atoms with van der Waals surface area (Å²) in [6.45, 7) is 1.73. The van der Waals surface area contributed by atoms with Gasteiger partial charge < -0.3 is 20.2 Å². The number of alkyl halides is 3. The number of hydrogen-bond acceptors (Lipinski definition) is 6. The normalized spacial score (nSPS) is 22.3. The molecule has 0 saturated carbocycles. The first-order valence-corrected chi connectivity index (χ1v) is 10.2. The van der Waals surface area contributed by atoms with Crippen LogP contribution in [0.25, 0.3) is 11.3 Å². The maximum atomic E-state index is 14.0. The highest BCUT2D eigenvalue weighted by molar-refractivity contribution is 6.00. The Kier molecular flexibility index (Phi) is 5.85.